The maximum absolute atomic E-state index is 11.5. The Morgan fingerprint density at radius 1 is 1.18 bits per heavy atom. The number of nitrogens with zero attached hydrogens (tertiary/aromatic N) is 3. The van der Waals surface area contributed by atoms with Crippen LogP contribution in [0.4, 0.5) is 0 Å². The highest BCUT2D eigenvalue weighted by Gasteiger charge is 2.36. The minimum absolute atomic E-state index is 0.144. The Morgan fingerprint density at radius 3 is 2.45 bits per heavy atom. The molecule has 1 saturated carbocycles. The third-order valence-corrected chi connectivity index (χ3v) is 5.09. The van der Waals surface area contributed by atoms with Gasteiger partial charge in [0.05, 0.1) is 0 Å². The number of amides is 1. The highest BCUT2D eigenvalue weighted by Crippen LogP contribution is 2.44. The van der Waals surface area contributed by atoms with Gasteiger partial charge in [-0.05, 0) is 31.1 Å². The number of aliphatic imine (C=N–C) groups is 1. The Balaban J connectivity index is 1.87. The molecule has 22 heavy (non-hydrogen) atoms. The van der Waals surface area contributed by atoms with Crippen molar-refractivity contribution in [2.75, 3.05) is 46.4 Å². The summed E-state index contributed by atoms with van der Waals surface area (Å²) in [5.74, 6) is 0.777. The van der Waals surface area contributed by atoms with Crippen LogP contribution in [0, 0.1) is 5.41 Å². The molecule has 1 amide bonds. The average Bonchev–Trinajstić information content (AvgIpc) is 2.71. The van der Waals surface area contributed by atoms with Gasteiger partial charge in [-0.2, -0.15) is 0 Å². The summed E-state index contributed by atoms with van der Waals surface area (Å²) in [6, 6.07) is 0. The fourth-order valence-corrected chi connectivity index (χ4v) is 3.29. The number of hydrogen-bond acceptors (Lipinski definition) is 3. The van der Waals surface area contributed by atoms with E-state index in [-0.39, 0.29) is 5.91 Å². The number of rotatable bonds is 5. The fourth-order valence-electron chi connectivity index (χ4n) is 3.29. The monoisotopic (exact) mass is 310 g/mol. The lowest BCUT2D eigenvalue weighted by atomic mass is 9.67. The van der Waals surface area contributed by atoms with Gasteiger partial charge in [0, 0.05) is 53.4 Å². The molecule has 1 saturated heterocycles. The van der Waals surface area contributed by atoms with Crippen molar-refractivity contribution in [2.24, 2.45) is 16.1 Å². The lowest BCUT2D eigenvalue weighted by Gasteiger charge is -2.41. The van der Waals surface area contributed by atoms with Gasteiger partial charge in [0.2, 0.25) is 5.91 Å². The van der Waals surface area contributed by atoms with Crippen molar-refractivity contribution in [3.05, 3.63) is 0 Å². The number of nitrogens with two attached hydrogens (primary N) is 1. The van der Waals surface area contributed by atoms with Gasteiger partial charge < -0.3 is 20.3 Å². The third-order valence-electron chi connectivity index (χ3n) is 5.09. The van der Waals surface area contributed by atoms with Crippen LogP contribution in [0.15, 0.2) is 4.99 Å². The van der Waals surface area contributed by atoms with E-state index < -0.39 is 0 Å². The Morgan fingerprint density at radius 2 is 1.86 bits per heavy atom. The van der Waals surface area contributed by atoms with Gasteiger partial charge in [-0.1, -0.05) is 6.42 Å². The van der Waals surface area contributed by atoms with E-state index in [1.54, 1.807) is 14.0 Å². The van der Waals surface area contributed by atoms with Crippen LogP contribution < -0.4 is 5.73 Å². The minimum atomic E-state index is 0.144. The van der Waals surface area contributed by atoms with Crippen LogP contribution in [-0.2, 0) is 9.53 Å². The molecule has 0 aromatic heterocycles. The molecule has 0 bridgehead atoms. The number of guanidine groups is 1. The second-order valence-corrected chi connectivity index (χ2v) is 6.62. The molecule has 0 aromatic carbocycles. The predicted molar refractivity (Wildman–Crippen MR) is 87.7 cm³/mol. The zero-order valence-electron chi connectivity index (χ0n) is 14.0. The summed E-state index contributed by atoms with van der Waals surface area (Å²) in [6.45, 7) is 6.44. The molecule has 1 heterocycles. The first kappa shape index (κ1) is 17.1. The molecule has 0 atom stereocenters. The van der Waals surface area contributed by atoms with Gasteiger partial charge in [0.1, 0.15) is 0 Å². The van der Waals surface area contributed by atoms with Crippen molar-refractivity contribution < 1.29 is 9.53 Å². The van der Waals surface area contributed by atoms with Gasteiger partial charge >= 0.3 is 0 Å². The van der Waals surface area contributed by atoms with Gasteiger partial charge in [-0.3, -0.25) is 9.79 Å². The second kappa shape index (κ2) is 7.81. The van der Waals surface area contributed by atoms with Gasteiger partial charge in [-0.25, -0.2) is 0 Å². The molecule has 126 valence electrons. The number of hydrogen-bond donors (Lipinski definition) is 1. The fraction of sp³-hybridized carbons (Fsp3) is 0.875. The highest BCUT2D eigenvalue weighted by molar-refractivity contribution is 5.78. The molecule has 0 unspecified atom stereocenters. The third kappa shape index (κ3) is 4.35. The van der Waals surface area contributed by atoms with Crippen LogP contribution in [0.3, 0.4) is 0 Å². The van der Waals surface area contributed by atoms with Crippen LogP contribution in [0.2, 0.25) is 0 Å². The molecule has 2 N–H and O–H groups in total. The Kier molecular flexibility index (Phi) is 6.06. The molecular weight excluding hydrogens is 280 g/mol. The molecule has 0 radical (unpaired) electrons. The quantitative estimate of drug-likeness (QED) is 0.609. The summed E-state index contributed by atoms with van der Waals surface area (Å²) in [6.07, 6.45) is 5.76. The summed E-state index contributed by atoms with van der Waals surface area (Å²) in [5, 5.41) is 0. The zero-order valence-corrected chi connectivity index (χ0v) is 14.0. The normalized spacial score (nSPS) is 22.2. The van der Waals surface area contributed by atoms with Crippen molar-refractivity contribution in [1.29, 1.82) is 0 Å². The molecule has 6 nitrogen and oxygen atoms in total. The lowest BCUT2D eigenvalue weighted by molar-refractivity contribution is -0.128. The highest BCUT2D eigenvalue weighted by atomic mass is 16.5. The SMILES string of the molecule is COCCC1(CN=C(N)N2CCCN(C(C)=O)CC2)CCC1. The van der Waals surface area contributed by atoms with Crippen molar-refractivity contribution in [2.45, 2.75) is 39.0 Å². The van der Waals surface area contributed by atoms with Gasteiger partial charge in [0.25, 0.3) is 0 Å². The maximum Gasteiger partial charge on any atom is 0.219 e. The molecule has 6 heteroatoms. The van der Waals surface area contributed by atoms with Crippen LogP contribution >= 0.6 is 0 Å². The topological polar surface area (TPSA) is 71.2 Å². The number of ether oxygens (including phenoxy) is 1. The van der Waals surface area contributed by atoms with E-state index in [1.165, 1.54) is 19.3 Å². The maximum atomic E-state index is 11.5. The molecule has 0 spiro atoms. The first-order valence-electron chi connectivity index (χ1n) is 8.36. The minimum Gasteiger partial charge on any atom is -0.385 e. The first-order valence-corrected chi connectivity index (χ1v) is 8.36. The van der Waals surface area contributed by atoms with E-state index >= 15 is 0 Å². The summed E-state index contributed by atoms with van der Waals surface area (Å²) < 4.78 is 5.22. The van der Waals surface area contributed by atoms with E-state index in [0.29, 0.717) is 11.4 Å². The molecule has 2 fully saturated rings. The largest absolute Gasteiger partial charge is 0.385 e. The Labute approximate surface area is 133 Å². The standard InChI is InChI=1S/C16H30N4O2/c1-14(21)19-8-4-9-20(11-10-19)15(17)18-13-16(5-3-6-16)7-12-22-2/h3-13H2,1-2H3,(H2,17,18). The summed E-state index contributed by atoms with van der Waals surface area (Å²) >= 11 is 0. The molecular formula is C16H30N4O2. The molecule has 2 rings (SSSR count). The van der Waals surface area contributed by atoms with Crippen molar-refractivity contribution in [3.8, 4) is 0 Å². The van der Waals surface area contributed by atoms with E-state index in [2.05, 4.69) is 9.89 Å². The van der Waals surface area contributed by atoms with Crippen LogP contribution in [0.1, 0.15) is 39.0 Å². The summed E-state index contributed by atoms with van der Waals surface area (Å²) in [5.41, 5.74) is 6.50. The Hall–Kier alpha value is -1.30. The van der Waals surface area contributed by atoms with E-state index in [1.807, 2.05) is 4.90 Å². The van der Waals surface area contributed by atoms with Crippen molar-refractivity contribution >= 4 is 11.9 Å². The van der Waals surface area contributed by atoms with E-state index in [0.717, 1.165) is 52.2 Å². The molecule has 0 aromatic rings. The van der Waals surface area contributed by atoms with Gasteiger partial charge in [-0.15, -0.1) is 0 Å². The second-order valence-electron chi connectivity index (χ2n) is 6.62. The summed E-state index contributed by atoms with van der Waals surface area (Å²) in [4.78, 5) is 20.1. The van der Waals surface area contributed by atoms with E-state index in [9.17, 15) is 4.79 Å². The van der Waals surface area contributed by atoms with E-state index in [4.69, 9.17) is 10.5 Å². The molecule has 2 aliphatic rings. The Bertz CT molecular complexity index is 407. The summed E-state index contributed by atoms with van der Waals surface area (Å²) in [7, 11) is 1.75. The van der Waals surface area contributed by atoms with Crippen LogP contribution in [-0.4, -0.2) is 68.1 Å². The first-order chi connectivity index (χ1) is 10.6. The van der Waals surface area contributed by atoms with Crippen molar-refractivity contribution in [1.82, 2.24) is 9.80 Å². The molecule has 1 aliphatic heterocycles. The predicted octanol–water partition coefficient (Wildman–Crippen LogP) is 1.06. The number of carbonyl (C=O) groups excluding carboxylic acids is 1. The van der Waals surface area contributed by atoms with Crippen LogP contribution in [0.5, 0.6) is 0 Å². The van der Waals surface area contributed by atoms with Gasteiger partial charge in [0.15, 0.2) is 5.96 Å². The number of carbonyl (C=O) groups is 1. The number of methoxy groups -OCH3 is 1. The average molecular weight is 310 g/mol. The smallest absolute Gasteiger partial charge is 0.219 e. The van der Waals surface area contributed by atoms with Crippen LogP contribution in [0.25, 0.3) is 0 Å². The zero-order chi connectivity index (χ0) is 16.0. The molecule has 1 aliphatic carbocycles. The van der Waals surface area contributed by atoms with Crippen molar-refractivity contribution in [3.63, 3.8) is 0 Å². The lowest BCUT2D eigenvalue weighted by Crippen LogP contribution is -2.42.